The second-order valence-corrected chi connectivity index (χ2v) is 4.84. The zero-order valence-electron chi connectivity index (χ0n) is 10.4. The van der Waals surface area contributed by atoms with Crippen LogP contribution in [0.2, 0.25) is 0 Å². The second kappa shape index (κ2) is 4.87. The average molecular weight is 250 g/mol. The molecular weight excluding hydrogens is 236 g/mol. The molecule has 0 aliphatic carbocycles. The summed E-state index contributed by atoms with van der Waals surface area (Å²) < 4.78 is 0.987. The number of hydrogen-bond donors (Lipinski definition) is 2. The van der Waals surface area contributed by atoms with Crippen LogP contribution in [0.15, 0.2) is 15.8 Å². The number of carbonyl (C=O) groups excluding carboxylic acids is 1. The van der Waals surface area contributed by atoms with Gasteiger partial charge in [-0.05, 0) is 20.8 Å². The molecule has 1 aromatic rings. The number of aromatic amines is 1. The number of nitriles is 1. The monoisotopic (exact) mass is 250 g/mol. The molecule has 0 aliphatic rings. The molecule has 0 spiro atoms. The van der Waals surface area contributed by atoms with Gasteiger partial charge in [-0.15, -0.1) is 0 Å². The largest absolute Gasteiger partial charge is 0.350 e. The molecule has 0 aliphatic heterocycles. The van der Waals surface area contributed by atoms with Gasteiger partial charge in [0, 0.05) is 11.7 Å². The Morgan fingerprint density at radius 3 is 2.61 bits per heavy atom. The Hall–Kier alpha value is -2.36. The van der Waals surface area contributed by atoms with Gasteiger partial charge in [0.25, 0.3) is 5.56 Å². The van der Waals surface area contributed by atoms with E-state index in [1.807, 2.05) is 4.98 Å². The smallest absolute Gasteiger partial charge is 0.328 e. The highest BCUT2D eigenvalue weighted by molar-refractivity contribution is 5.76. The van der Waals surface area contributed by atoms with E-state index in [-0.39, 0.29) is 18.0 Å². The Morgan fingerprint density at radius 1 is 1.50 bits per heavy atom. The third-order valence-electron chi connectivity index (χ3n) is 1.96. The van der Waals surface area contributed by atoms with Crippen LogP contribution >= 0.6 is 0 Å². The molecule has 1 amide bonds. The van der Waals surface area contributed by atoms with Crippen molar-refractivity contribution in [1.82, 2.24) is 14.9 Å². The molecule has 96 valence electrons. The van der Waals surface area contributed by atoms with E-state index in [9.17, 15) is 14.4 Å². The summed E-state index contributed by atoms with van der Waals surface area (Å²) in [5, 5.41) is 11.3. The molecule has 18 heavy (non-hydrogen) atoms. The summed E-state index contributed by atoms with van der Waals surface area (Å²) in [5.41, 5.74) is -2.10. The third kappa shape index (κ3) is 3.59. The van der Waals surface area contributed by atoms with Gasteiger partial charge in [-0.1, -0.05) is 0 Å². The van der Waals surface area contributed by atoms with Crippen LogP contribution in [0.1, 0.15) is 26.3 Å². The lowest BCUT2D eigenvalue weighted by atomic mass is 10.1. The lowest BCUT2D eigenvalue weighted by Crippen LogP contribution is -2.44. The molecule has 1 aromatic heterocycles. The minimum absolute atomic E-state index is 0.210. The maximum absolute atomic E-state index is 11.6. The SMILES string of the molecule is CC(C)(C)NC(=O)Cn1cc(C#N)c(=O)[nH]c1=O. The summed E-state index contributed by atoms with van der Waals surface area (Å²) in [4.78, 5) is 36.2. The number of nitrogens with one attached hydrogen (secondary N) is 2. The topological polar surface area (TPSA) is 108 Å². The Kier molecular flexibility index (Phi) is 3.71. The van der Waals surface area contributed by atoms with Crippen molar-refractivity contribution in [2.75, 3.05) is 0 Å². The van der Waals surface area contributed by atoms with Crippen LogP contribution in [0.4, 0.5) is 0 Å². The highest BCUT2D eigenvalue weighted by Gasteiger charge is 2.15. The van der Waals surface area contributed by atoms with Crippen LogP contribution in [0.3, 0.4) is 0 Å². The molecule has 1 rings (SSSR count). The van der Waals surface area contributed by atoms with Gasteiger partial charge >= 0.3 is 5.69 Å². The Labute approximate surface area is 103 Å². The van der Waals surface area contributed by atoms with Crippen molar-refractivity contribution in [1.29, 1.82) is 5.26 Å². The van der Waals surface area contributed by atoms with E-state index in [1.165, 1.54) is 0 Å². The Balaban J connectivity index is 3.00. The highest BCUT2D eigenvalue weighted by atomic mass is 16.2. The molecular formula is C11H14N4O3. The van der Waals surface area contributed by atoms with Crippen LogP contribution in [0.25, 0.3) is 0 Å². The van der Waals surface area contributed by atoms with Crippen molar-refractivity contribution in [2.45, 2.75) is 32.9 Å². The molecule has 1 heterocycles. The summed E-state index contributed by atoms with van der Waals surface area (Å²) in [5.74, 6) is -0.375. The molecule has 0 bridgehead atoms. The maximum atomic E-state index is 11.6. The quantitative estimate of drug-likeness (QED) is 0.725. The molecule has 0 radical (unpaired) electrons. The normalized spacial score (nSPS) is 10.8. The minimum Gasteiger partial charge on any atom is -0.350 e. The van der Waals surface area contributed by atoms with Gasteiger partial charge < -0.3 is 5.32 Å². The lowest BCUT2D eigenvalue weighted by molar-refractivity contribution is -0.123. The van der Waals surface area contributed by atoms with Crippen molar-refractivity contribution >= 4 is 5.91 Å². The maximum Gasteiger partial charge on any atom is 0.328 e. The minimum atomic E-state index is -0.755. The predicted molar refractivity (Wildman–Crippen MR) is 63.9 cm³/mol. The molecule has 0 saturated carbocycles. The summed E-state index contributed by atoms with van der Waals surface area (Å²) in [6, 6.07) is 1.65. The van der Waals surface area contributed by atoms with Gasteiger partial charge in [-0.2, -0.15) is 5.26 Å². The molecule has 0 atom stereocenters. The van der Waals surface area contributed by atoms with Crippen LogP contribution in [0.5, 0.6) is 0 Å². The fourth-order valence-corrected chi connectivity index (χ4v) is 1.32. The summed E-state index contributed by atoms with van der Waals surface area (Å²) >= 11 is 0. The first kappa shape index (κ1) is 13.7. The zero-order chi connectivity index (χ0) is 13.9. The van der Waals surface area contributed by atoms with Crippen molar-refractivity contribution < 1.29 is 4.79 Å². The molecule has 7 nitrogen and oxygen atoms in total. The van der Waals surface area contributed by atoms with Crippen molar-refractivity contribution in [3.8, 4) is 6.07 Å². The van der Waals surface area contributed by atoms with Crippen LogP contribution in [0, 0.1) is 11.3 Å². The van der Waals surface area contributed by atoms with E-state index in [4.69, 9.17) is 5.26 Å². The molecule has 2 N–H and O–H groups in total. The van der Waals surface area contributed by atoms with Gasteiger partial charge in [-0.3, -0.25) is 19.1 Å². The van der Waals surface area contributed by atoms with E-state index < -0.39 is 16.8 Å². The summed E-state index contributed by atoms with van der Waals surface area (Å²) in [6.45, 7) is 5.17. The van der Waals surface area contributed by atoms with E-state index >= 15 is 0 Å². The van der Waals surface area contributed by atoms with E-state index in [0.29, 0.717) is 0 Å². The van der Waals surface area contributed by atoms with Crippen molar-refractivity contribution in [3.05, 3.63) is 32.6 Å². The molecule has 0 unspecified atom stereocenters. The first-order chi connectivity index (χ1) is 8.23. The number of H-pyrrole nitrogens is 1. The van der Waals surface area contributed by atoms with Crippen molar-refractivity contribution in [2.24, 2.45) is 0 Å². The van der Waals surface area contributed by atoms with Gasteiger partial charge in [0.2, 0.25) is 5.91 Å². The average Bonchev–Trinajstić information content (AvgIpc) is 2.19. The molecule has 0 fully saturated rings. The number of nitrogens with zero attached hydrogens (tertiary/aromatic N) is 2. The van der Waals surface area contributed by atoms with Gasteiger partial charge in [0.1, 0.15) is 18.2 Å². The number of amides is 1. The standard InChI is InChI=1S/C11H14N4O3/c1-11(2,3)14-8(16)6-15-5-7(4-12)9(17)13-10(15)18/h5H,6H2,1-3H3,(H,14,16)(H,13,17,18). The molecule has 0 saturated heterocycles. The molecule has 0 aromatic carbocycles. The predicted octanol–water partition coefficient (Wildman–Crippen LogP) is -0.677. The van der Waals surface area contributed by atoms with Crippen molar-refractivity contribution in [3.63, 3.8) is 0 Å². The zero-order valence-corrected chi connectivity index (χ0v) is 10.4. The number of carbonyl (C=O) groups is 1. The third-order valence-corrected chi connectivity index (χ3v) is 1.96. The first-order valence-electron chi connectivity index (χ1n) is 5.28. The Bertz CT molecular complexity index is 613. The number of aromatic nitrogens is 2. The Morgan fingerprint density at radius 2 is 2.11 bits per heavy atom. The van der Waals surface area contributed by atoms with Gasteiger partial charge in [-0.25, -0.2) is 4.79 Å². The van der Waals surface area contributed by atoms with Gasteiger partial charge in [0.05, 0.1) is 0 Å². The van der Waals surface area contributed by atoms with E-state index in [1.54, 1.807) is 26.8 Å². The fraction of sp³-hybridized carbons (Fsp3) is 0.455. The van der Waals surface area contributed by atoms with Crippen LogP contribution in [-0.4, -0.2) is 21.0 Å². The summed E-state index contributed by atoms with van der Waals surface area (Å²) in [7, 11) is 0. The van der Waals surface area contributed by atoms with E-state index in [0.717, 1.165) is 10.8 Å². The lowest BCUT2D eigenvalue weighted by Gasteiger charge is -2.20. The second-order valence-electron chi connectivity index (χ2n) is 4.84. The summed E-state index contributed by atoms with van der Waals surface area (Å²) in [6.07, 6.45) is 1.07. The van der Waals surface area contributed by atoms with E-state index in [2.05, 4.69) is 5.32 Å². The van der Waals surface area contributed by atoms with Crippen LogP contribution in [-0.2, 0) is 11.3 Å². The fourth-order valence-electron chi connectivity index (χ4n) is 1.32. The van der Waals surface area contributed by atoms with Crippen LogP contribution < -0.4 is 16.6 Å². The number of hydrogen-bond acceptors (Lipinski definition) is 4. The molecule has 7 heteroatoms. The first-order valence-corrected chi connectivity index (χ1v) is 5.28. The van der Waals surface area contributed by atoms with Gasteiger partial charge in [0.15, 0.2) is 0 Å². The number of rotatable bonds is 2. The highest BCUT2D eigenvalue weighted by Crippen LogP contribution is 1.98.